The maximum Gasteiger partial charge on any atom is 0.309 e. The van der Waals surface area contributed by atoms with Gasteiger partial charge in [0.1, 0.15) is 6.10 Å². The van der Waals surface area contributed by atoms with Crippen molar-refractivity contribution in [2.45, 2.75) is 32.3 Å². The van der Waals surface area contributed by atoms with Crippen LogP contribution in [0, 0.1) is 35.5 Å². The number of rotatable bonds is 1. The van der Waals surface area contributed by atoms with Crippen LogP contribution in [0.3, 0.4) is 0 Å². The van der Waals surface area contributed by atoms with Crippen molar-refractivity contribution in [2.24, 2.45) is 23.7 Å². The Bertz CT molecular complexity index is 605. The highest BCUT2D eigenvalue weighted by Gasteiger charge is 2.61. The molecule has 20 heavy (non-hydrogen) atoms. The molecule has 1 aromatic rings. The van der Waals surface area contributed by atoms with E-state index in [-0.39, 0.29) is 23.9 Å². The lowest BCUT2D eigenvalue weighted by Crippen LogP contribution is -2.25. The fraction of sp³-hybridized carbons (Fsp3) is 0.500. The predicted molar refractivity (Wildman–Crippen MR) is 75.8 cm³/mol. The van der Waals surface area contributed by atoms with Gasteiger partial charge >= 0.3 is 5.97 Å². The SMILES string of the molecule is CCc1ccc(C#C[C@@H]2[C@@H]3C[C@@H]4[C@H]2OC(=O)[C@@H]4C3)cc1. The Morgan fingerprint density at radius 1 is 1.25 bits per heavy atom. The van der Waals surface area contributed by atoms with Crippen molar-refractivity contribution in [3.63, 3.8) is 0 Å². The number of carbonyl (C=O) groups excluding carboxylic acids is 1. The number of fused-ring (bicyclic) bond motifs is 1. The molecule has 2 nitrogen and oxygen atoms in total. The first-order chi connectivity index (χ1) is 9.76. The molecule has 0 N–H and O–H groups in total. The van der Waals surface area contributed by atoms with Crippen LogP contribution in [0.2, 0.25) is 0 Å². The molecule has 2 aliphatic carbocycles. The van der Waals surface area contributed by atoms with Crippen molar-refractivity contribution in [1.82, 2.24) is 0 Å². The molecule has 1 aliphatic heterocycles. The van der Waals surface area contributed by atoms with Crippen molar-refractivity contribution in [1.29, 1.82) is 0 Å². The Kier molecular flexibility index (Phi) is 2.63. The first kappa shape index (κ1) is 12.0. The van der Waals surface area contributed by atoms with Gasteiger partial charge in [-0.2, -0.15) is 0 Å². The molecule has 3 fully saturated rings. The van der Waals surface area contributed by atoms with Gasteiger partial charge in [-0.1, -0.05) is 30.9 Å². The summed E-state index contributed by atoms with van der Waals surface area (Å²) in [5.41, 5.74) is 2.40. The van der Waals surface area contributed by atoms with Gasteiger partial charge < -0.3 is 4.74 Å². The molecule has 0 aromatic heterocycles. The van der Waals surface area contributed by atoms with Crippen molar-refractivity contribution < 1.29 is 9.53 Å². The van der Waals surface area contributed by atoms with Gasteiger partial charge in [0.05, 0.1) is 11.8 Å². The van der Waals surface area contributed by atoms with Crippen LogP contribution in [-0.4, -0.2) is 12.1 Å². The van der Waals surface area contributed by atoms with Gasteiger partial charge in [0, 0.05) is 11.5 Å². The molecule has 0 spiro atoms. The monoisotopic (exact) mass is 266 g/mol. The highest BCUT2D eigenvalue weighted by atomic mass is 16.6. The third-order valence-corrected chi connectivity index (χ3v) is 5.23. The number of aryl methyl sites for hydroxylation is 1. The number of benzene rings is 1. The number of esters is 1. The lowest BCUT2D eigenvalue weighted by Gasteiger charge is -2.20. The molecule has 0 unspecified atom stereocenters. The van der Waals surface area contributed by atoms with E-state index in [0.717, 1.165) is 24.8 Å². The summed E-state index contributed by atoms with van der Waals surface area (Å²) in [6, 6.07) is 8.44. The van der Waals surface area contributed by atoms with E-state index in [2.05, 4.69) is 43.0 Å². The predicted octanol–water partition coefficient (Wildman–Crippen LogP) is 2.80. The summed E-state index contributed by atoms with van der Waals surface area (Å²) >= 11 is 0. The first-order valence-corrected chi connectivity index (χ1v) is 7.57. The average Bonchev–Trinajstić information content (AvgIpc) is 3.09. The van der Waals surface area contributed by atoms with Crippen molar-refractivity contribution in [2.75, 3.05) is 0 Å². The molecule has 5 atom stereocenters. The second-order valence-corrected chi connectivity index (χ2v) is 6.25. The highest BCUT2D eigenvalue weighted by molar-refractivity contribution is 5.76. The molecule has 1 saturated heterocycles. The smallest absolute Gasteiger partial charge is 0.309 e. The quantitative estimate of drug-likeness (QED) is 0.577. The second kappa shape index (κ2) is 4.38. The van der Waals surface area contributed by atoms with E-state index in [1.807, 2.05) is 0 Å². The van der Waals surface area contributed by atoms with E-state index >= 15 is 0 Å². The minimum absolute atomic E-state index is 0.0269. The van der Waals surface area contributed by atoms with Crippen molar-refractivity contribution in [3.05, 3.63) is 35.4 Å². The van der Waals surface area contributed by atoms with Crippen molar-refractivity contribution >= 4 is 5.97 Å². The minimum atomic E-state index is 0.0269. The van der Waals surface area contributed by atoms with Crippen LogP contribution in [0.1, 0.15) is 30.9 Å². The van der Waals surface area contributed by atoms with Gasteiger partial charge in [-0.25, -0.2) is 0 Å². The third-order valence-electron chi connectivity index (χ3n) is 5.23. The first-order valence-electron chi connectivity index (χ1n) is 7.57. The third kappa shape index (κ3) is 1.69. The van der Waals surface area contributed by atoms with E-state index in [4.69, 9.17) is 4.74 Å². The molecule has 3 aliphatic rings. The van der Waals surface area contributed by atoms with E-state index in [1.54, 1.807) is 0 Å². The number of hydrogen-bond acceptors (Lipinski definition) is 2. The maximum absolute atomic E-state index is 11.7. The summed E-state index contributed by atoms with van der Waals surface area (Å²) in [5.74, 6) is 8.16. The van der Waals surface area contributed by atoms with E-state index in [9.17, 15) is 4.79 Å². The van der Waals surface area contributed by atoms with Gasteiger partial charge in [-0.15, -0.1) is 0 Å². The molecule has 0 amide bonds. The fourth-order valence-electron chi connectivity index (χ4n) is 4.15. The topological polar surface area (TPSA) is 26.3 Å². The lowest BCUT2D eigenvalue weighted by atomic mass is 9.82. The van der Waals surface area contributed by atoms with Gasteiger partial charge in [-0.3, -0.25) is 4.79 Å². The van der Waals surface area contributed by atoms with Crippen molar-refractivity contribution in [3.8, 4) is 11.8 Å². The summed E-state index contributed by atoms with van der Waals surface area (Å²) in [6.07, 6.45) is 3.26. The van der Waals surface area contributed by atoms with Crippen LogP contribution < -0.4 is 0 Å². The number of ether oxygens (including phenoxy) is 1. The normalized spacial score (nSPS) is 36.6. The molecule has 102 valence electrons. The summed E-state index contributed by atoms with van der Waals surface area (Å²) in [4.78, 5) is 11.7. The number of hydrogen-bond donors (Lipinski definition) is 0. The van der Waals surface area contributed by atoms with Gasteiger partial charge in [0.25, 0.3) is 0 Å². The van der Waals surface area contributed by atoms with E-state index in [0.29, 0.717) is 11.8 Å². The molecular formula is C18H18O2. The van der Waals surface area contributed by atoms with E-state index < -0.39 is 0 Å². The molecule has 2 saturated carbocycles. The molecule has 2 heteroatoms. The zero-order chi connectivity index (χ0) is 13.7. The van der Waals surface area contributed by atoms with Crippen LogP contribution in [0.25, 0.3) is 0 Å². The van der Waals surface area contributed by atoms with Gasteiger partial charge in [-0.05, 0) is 42.9 Å². The summed E-state index contributed by atoms with van der Waals surface area (Å²) in [7, 11) is 0. The minimum Gasteiger partial charge on any atom is -0.460 e. The lowest BCUT2D eigenvalue weighted by molar-refractivity contribution is -0.143. The molecule has 1 aromatic carbocycles. The maximum atomic E-state index is 11.7. The van der Waals surface area contributed by atoms with Gasteiger partial charge in [0.2, 0.25) is 0 Å². The largest absolute Gasteiger partial charge is 0.460 e. The fourth-order valence-corrected chi connectivity index (χ4v) is 4.15. The molecule has 4 rings (SSSR count). The second-order valence-electron chi connectivity index (χ2n) is 6.25. The molecule has 1 heterocycles. The van der Waals surface area contributed by atoms with Gasteiger partial charge in [0.15, 0.2) is 0 Å². The Balaban J connectivity index is 1.55. The molecular weight excluding hydrogens is 248 g/mol. The van der Waals surface area contributed by atoms with Crippen LogP contribution in [0.15, 0.2) is 24.3 Å². The summed E-state index contributed by atoms with van der Waals surface area (Å²) < 4.78 is 5.54. The Morgan fingerprint density at radius 2 is 2.05 bits per heavy atom. The standard InChI is InChI=1S/C18H18O2/c1-2-11-3-5-12(6-4-11)7-8-14-13-9-15-16(10-13)18(19)20-17(14)15/h3-6,13-17H,2,9-10H2,1H3/t13-,14-,15+,16-,17+/m1/s1. The zero-order valence-electron chi connectivity index (χ0n) is 11.6. The van der Waals surface area contributed by atoms with Crippen LogP contribution in [0.5, 0.6) is 0 Å². The number of carbonyl (C=O) groups is 1. The highest BCUT2D eigenvalue weighted by Crippen LogP contribution is 2.57. The van der Waals surface area contributed by atoms with Crippen LogP contribution in [-0.2, 0) is 16.0 Å². The average molecular weight is 266 g/mol. The summed E-state index contributed by atoms with van der Waals surface area (Å²) in [6.45, 7) is 2.15. The Hall–Kier alpha value is -1.75. The Morgan fingerprint density at radius 3 is 2.80 bits per heavy atom. The van der Waals surface area contributed by atoms with Crippen LogP contribution in [0.4, 0.5) is 0 Å². The molecule has 2 bridgehead atoms. The summed E-state index contributed by atoms with van der Waals surface area (Å²) in [5, 5.41) is 0. The Labute approximate surface area is 119 Å². The zero-order valence-corrected chi connectivity index (χ0v) is 11.6. The molecule has 0 radical (unpaired) electrons. The van der Waals surface area contributed by atoms with Crippen LogP contribution >= 0.6 is 0 Å². The van der Waals surface area contributed by atoms with E-state index in [1.165, 1.54) is 5.56 Å².